The third-order valence-corrected chi connectivity index (χ3v) is 4.68. The first-order valence-corrected chi connectivity index (χ1v) is 8.09. The Morgan fingerprint density at radius 2 is 2.09 bits per heavy atom. The number of nitrogens with one attached hydrogen (secondary N) is 1. The average molecular weight is 378 g/mol. The summed E-state index contributed by atoms with van der Waals surface area (Å²) >= 11 is 3.43. The number of rotatable bonds is 5. The molecular weight excluding hydrogens is 362 g/mol. The number of carboxylic acids is 1. The van der Waals surface area contributed by atoms with Gasteiger partial charge in [0.1, 0.15) is 17.1 Å². The molecule has 1 amide bonds. The van der Waals surface area contributed by atoms with Gasteiger partial charge in [-0.15, -0.1) is 0 Å². The molecule has 1 fully saturated rings. The predicted molar refractivity (Wildman–Crippen MR) is 87.3 cm³/mol. The molecule has 6 heteroatoms. The Morgan fingerprint density at radius 3 is 2.65 bits per heavy atom. The first-order chi connectivity index (χ1) is 10.9. The van der Waals surface area contributed by atoms with Crippen LogP contribution in [-0.4, -0.2) is 17.0 Å². The van der Waals surface area contributed by atoms with Crippen LogP contribution in [0.3, 0.4) is 0 Å². The van der Waals surface area contributed by atoms with Crippen LogP contribution in [0.15, 0.2) is 39.2 Å². The van der Waals surface area contributed by atoms with E-state index in [0.29, 0.717) is 11.5 Å². The number of benzene rings is 1. The van der Waals surface area contributed by atoms with Crippen LogP contribution in [0.1, 0.15) is 40.3 Å². The van der Waals surface area contributed by atoms with Crippen LogP contribution in [0.2, 0.25) is 0 Å². The minimum Gasteiger partial charge on any atom is -0.478 e. The molecule has 1 saturated carbocycles. The van der Waals surface area contributed by atoms with Crippen molar-refractivity contribution in [2.24, 2.45) is 0 Å². The second-order valence-corrected chi connectivity index (χ2v) is 6.68. The lowest BCUT2D eigenvalue weighted by atomic mass is 9.95. The summed E-state index contributed by atoms with van der Waals surface area (Å²) in [6.07, 6.45) is 1.62. The maximum atomic E-state index is 12.6. The lowest BCUT2D eigenvalue weighted by Crippen LogP contribution is -2.34. The van der Waals surface area contributed by atoms with E-state index in [0.717, 1.165) is 22.9 Å². The molecule has 0 unspecified atom stereocenters. The molecule has 3 rings (SSSR count). The number of carboxylic acid groups (broad SMARTS) is 1. The minimum atomic E-state index is -1.03. The van der Waals surface area contributed by atoms with Crippen molar-refractivity contribution in [2.45, 2.75) is 31.7 Å². The van der Waals surface area contributed by atoms with E-state index in [9.17, 15) is 9.59 Å². The van der Waals surface area contributed by atoms with Crippen molar-refractivity contribution in [3.8, 4) is 0 Å². The Hall–Kier alpha value is -2.08. The zero-order valence-corrected chi connectivity index (χ0v) is 14.1. The van der Waals surface area contributed by atoms with Gasteiger partial charge in [-0.25, -0.2) is 4.79 Å². The van der Waals surface area contributed by atoms with Crippen LogP contribution in [0.25, 0.3) is 0 Å². The average Bonchev–Trinajstić information content (AvgIpc) is 3.23. The largest absolute Gasteiger partial charge is 0.478 e. The van der Waals surface area contributed by atoms with Crippen molar-refractivity contribution in [2.75, 3.05) is 0 Å². The number of amides is 1. The van der Waals surface area contributed by atoms with Crippen molar-refractivity contribution in [3.05, 3.63) is 57.5 Å². The molecule has 1 aromatic carbocycles. The van der Waals surface area contributed by atoms with Crippen LogP contribution in [0.4, 0.5) is 0 Å². The molecule has 1 heterocycles. The molecule has 1 aliphatic rings. The zero-order chi connectivity index (χ0) is 16.6. The summed E-state index contributed by atoms with van der Waals surface area (Å²) in [5.74, 6) is -0.300. The third kappa shape index (κ3) is 3.03. The fraction of sp³-hybridized carbons (Fsp3) is 0.294. The van der Waals surface area contributed by atoms with Gasteiger partial charge in [0.05, 0.1) is 12.0 Å². The van der Waals surface area contributed by atoms with E-state index in [-0.39, 0.29) is 18.0 Å². The van der Waals surface area contributed by atoms with E-state index in [4.69, 9.17) is 9.52 Å². The normalized spacial score (nSPS) is 15.2. The third-order valence-electron chi connectivity index (χ3n) is 4.18. The Bertz CT molecular complexity index is 777. The first-order valence-electron chi connectivity index (χ1n) is 7.29. The highest BCUT2D eigenvalue weighted by Crippen LogP contribution is 2.48. The van der Waals surface area contributed by atoms with Gasteiger partial charge < -0.3 is 14.8 Å². The molecule has 5 nitrogen and oxygen atoms in total. The van der Waals surface area contributed by atoms with E-state index in [1.54, 1.807) is 6.92 Å². The monoisotopic (exact) mass is 377 g/mol. The summed E-state index contributed by atoms with van der Waals surface area (Å²) in [5.41, 5.74) is 0.648. The number of carbonyl (C=O) groups is 2. The maximum absolute atomic E-state index is 12.6. The van der Waals surface area contributed by atoms with Gasteiger partial charge in [0.2, 0.25) is 5.91 Å². The van der Waals surface area contributed by atoms with Crippen LogP contribution < -0.4 is 5.32 Å². The number of halogens is 1. The van der Waals surface area contributed by atoms with E-state index >= 15 is 0 Å². The molecular formula is C17H16BrNO4. The fourth-order valence-corrected chi connectivity index (χ4v) is 3.14. The Morgan fingerprint density at radius 1 is 1.35 bits per heavy atom. The van der Waals surface area contributed by atoms with Crippen molar-refractivity contribution in [3.63, 3.8) is 0 Å². The SMILES string of the molecule is Cc1oc(CNC(=O)C2(c3cccc(Br)c3)CC2)cc1C(=O)O. The highest BCUT2D eigenvalue weighted by atomic mass is 79.9. The number of aromatic carboxylic acids is 1. The second kappa shape index (κ2) is 5.85. The van der Waals surface area contributed by atoms with E-state index in [2.05, 4.69) is 21.2 Å². The molecule has 0 radical (unpaired) electrons. The maximum Gasteiger partial charge on any atom is 0.339 e. The second-order valence-electron chi connectivity index (χ2n) is 5.76. The Balaban J connectivity index is 1.70. The molecule has 0 spiro atoms. The topological polar surface area (TPSA) is 79.5 Å². The molecule has 2 aromatic rings. The van der Waals surface area contributed by atoms with Gasteiger partial charge in [-0.05, 0) is 43.5 Å². The molecule has 1 aliphatic carbocycles. The van der Waals surface area contributed by atoms with Gasteiger partial charge in [0.15, 0.2) is 0 Å². The number of hydrogen-bond donors (Lipinski definition) is 2. The summed E-state index contributed by atoms with van der Waals surface area (Å²) in [5, 5.41) is 11.9. The van der Waals surface area contributed by atoms with E-state index in [1.165, 1.54) is 6.07 Å². The summed E-state index contributed by atoms with van der Waals surface area (Å²) in [6, 6.07) is 9.22. The van der Waals surface area contributed by atoms with Gasteiger partial charge in [-0.1, -0.05) is 28.1 Å². The molecule has 0 atom stereocenters. The standard InChI is InChI=1S/C17H16BrNO4/c1-10-14(15(20)21)8-13(23-10)9-19-16(22)17(5-6-17)11-3-2-4-12(18)7-11/h2-4,7-8H,5-6,9H2,1H3,(H,19,22)(H,20,21). The highest BCUT2D eigenvalue weighted by molar-refractivity contribution is 9.10. The molecule has 0 bridgehead atoms. The van der Waals surface area contributed by atoms with Crippen LogP contribution in [-0.2, 0) is 16.8 Å². The van der Waals surface area contributed by atoms with E-state index < -0.39 is 11.4 Å². The Labute approximate surface area is 141 Å². The molecule has 2 N–H and O–H groups in total. The van der Waals surface area contributed by atoms with Gasteiger partial charge in [-0.3, -0.25) is 4.79 Å². The highest BCUT2D eigenvalue weighted by Gasteiger charge is 2.51. The van der Waals surface area contributed by atoms with Gasteiger partial charge in [0.25, 0.3) is 0 Å². The van der Waals surface area contributed by atoms with Crippen molar-refractivity contribution in [1.82, 2.24) is 5.32 Å². The number of furan rings is 1. The number of hydrogen-bond acceptors (Lipinski definition) is 3. The van der Waals surface area contributed by atoms with Crippen molar-refractivity contribution in [1.29, 1.82) is 0 Å². The summed E-state index contributed by atoms with van der Waals surface area (Å²) in [6.45, 7) is 1.78. The first kappa shape index (κ1) is 15.8. The van der Waals surface area contributed by atoms with Crippen LogP contribution in [0, 0.1) is 6.92 Å². The lowest BCUT2D eigenvalue weighted by Gasteiger charge is -2.15. The molecule has 0 saturated heterocycles. The van der Waals surface area contributed by atoms with Crippen molar-refractivity contribution >= 4 is 27.8 Å². The van der Waals surface area contributed by atoms with Crippen LogP contribution in [0.5, 0.6) is 0 Å². The molecule has 23 heavy (non-hydrogen) atoms. The molecule has 0 aliphatic heterocycles. The smallest absolute Gasteiger partial charge is 0.339 e. The van der Waals surface area contributed by atoms with Gasteiger partial charge >= 0.3 is 5.97 Å². The Kier molecular flexibility index (Phi) is 4.02. The quantitative estimate of drug-likeness (QED) is 0.836. The molecule has 1 aromatic heterocycles. The summed E-state index contributed by atoms with van der Waals surface area (Å²) in [7, 11) is 0. The van der Waals surface area contributed by atoms with Gasteiger partial charge in [0, 0.05) is 4.47 Å². The number of carbonyl (C=O) groups excluding carboxylic acids is 1. The fourth-order valence-electron chi connectivity index (χ4n) is 2.74. The van der Waals surface area contributed by atoms with Crippen LogP contribution >= 0.6 is 15.9 Å². The van der Waals surface area contributed by atoms with Gasteiger partial charge in [-0.2, -0.15) is 0 Å². The number of aryl methyl sites for hydroxylation is 1. The zero-order valence-electron chi connectivity index (χ0n) is 12.6. The van der Waals surface area contributed by atoms with E-state index in [1.807, 2.05) is 24.3 Å². The van der Waals surface area contributed by atoms with Crippen molar-refractivity contribution < 1.29 is 19.1 Å². The minimum absolute atomic E-state index is 0.0541. The summed E-state index contributed by atoms with van der Waals surface area (Å²) < 4.78 is 6.33. The lowest BCUT2D eigenvalue weighted by molar-refractivity contribution is -0.123. The molecule has 120 valence electrons. The summed E-state index contributed by atoms with van der Waals surface area (Å²) in [4.78, 5) is 23.6. The predicted octanol–water partition coefficient (Wildman–Crippen LogP) is 3.40.